The lowest BCUT2D eigenvalue weighted by atomic mass is 10.3. The lowest BCUT2D eigenvalue weighted by Gasteiger charge is -1.85. The normalized spacial score (nSPS) is 8.88. The summed E-state index contributed by atoms with van der Waals surface area (Å²) in [5.41, 5.74) is 0. The Bertz CT molecular complexity index is 70.5. The predicted molar refractivity (Wildman–Crippen MR) is 37.7 cm³/mol. The van der Waals surface area contributed by atoms with Gasteiger partial charge in [-0.2, -0.15) is 0 Å². The second-order valence-electron chi connectivity index (χ2n) is 2.29. The molecule has 0 fully saturated rings. The fraction of sp³-hybridized carbons (Fsp3) is 0.857. The average Bonchev–Trinajstić information content (AvgIpc) is 1.66. The van der Waals surface area contributed by atoms with E-state index in [9.17, 15) is 0 Å². The van der Waals surface area contributed by atoms with Gasteiger partial charge in [-0.25, -0.2) is 4.58 Å². The van der Waals surface area contributed by atoms with Crippen molar-refractivity contribution in [1.29, 1.82) is 0 Å². The highest BCUT2D eigenvalue weighted by Gasteiger charge is 1.82. The van der Waals surface area contributed by atoms with E-state index >= 15 is 0 Å². The van der Waals surface area contributed by atoms with Gasteiger partial charge in [0.15, 0.2) is 0 Å². The quantitative estimate of drug-likeness (QED) is 0.173. The van der Waals surface area contributed by atoms with Crippen molar-refractivity contribution in [2.75, 3.05) is 14.1 Å². The van der Waals surface area contributed by atoms with Crippen molar-refractivity contribution in [2.24, 2.45) is 0 Å². The Balaban J connectivity index is 3.03. The summed E-state index contributed by atoms with van der Waals surface area (Å²) in [5, 5.41) is 0. The third kappa shape index (κ3) is 5.67. The molecule has 0 aromatic heterocycles. The molecule has 0 amide bonds. The van der Waals surface area contributed by atoms with E-state index in [1.54, 1.807) is 0 Å². The minimum atomic E-state index is 1.23. The van der Waals surface area contributed by atoms with E-state index in [1.165, 1.54) is 19.3 Å². The average molecular weight is 116 g/mol. The van der Waals surface area contributed by atoms with Crippen LogP contribution in [-0.4, -0.2) is 24.9 Å². The van der Waals surface area contributed by atoms with E-state index in [4.69, 9.17) is 0 Å². The lowest BCUT2D eigenvalue weighted by Crippen LogP contribution is -1.97. The smallest absolute Gasteiger partial charge is 0.139 e. The summed E-state index contributed by atoms with van der Waals surface area (Å²) in [6.45, 7) is 2.21. The van der Waals surface area contributed by atoms with Crippen molar-refractivity contribution in [3.05, 3.63) is 0 Å². The van der Waals surface area contributed by atoms with Crippen molar-refractivity contribution in [3.63, 3.8) is 0 Å². The minimum Gasteiger partial charge on any atom is -0.245 e. The lowest BCUT2D eigenvalue weighted by molar-refractivity contribution is -0.460. The summed E-state index contributed by atoms with van der Waals surface area (Å²) in [4.78, 5) is 0. The van der Waals surface area contributed by atoms with Gasteiger partial charge in [0.05, 0.1) is 0 Å². The summed E-state index contributed by atoms with van der Waals surface area (Å²) >= 11 is 0. The molecule has 0 aromatic carbocycles. The minimum absolute atomic E-state index is 1.23. The molecule has 0 bridgehead atoms. The van der Waals surface area contributed by atoms with Gasteiger partial charge in [-0.1, -0.05) is 13.3 Å². The Hall–Kier alpha value is -0.330. The maximum absolute atomic E-state index is 2.21. The molecule has 0 heterocycles. The van der Waals surface area contributed by atoms with Gasteiger partial charge in [-0.15, -0.1) is 0 Å². The Morgan fingerprint density at radius 3 is 2.38 bits per heavy atom. The van der Waals surface area contributed by atoms with Crippen LogP contribution in [0.3, 0.4) is 0 Å². The number of hydrogen-bond acceptors (Lipinski definition) is 0. The van der Waals surface area contributed by atoms with Gasteiger partial charge < -0.3 is 0 Å². The summed E-state index contributed by atoms with van der Waals surface area (Å²) in [6, 6.07) is 0. The van der Waals surface area contributed by atoms with Crippen LogP contribution in [0.5, 0.6) is 0 Å². The van der Waals surface area contributed by atoms with Crippen molar-refractivity contribution < 1.29 is 4.58 Å². The molecule has 0 N–H and O–H groups in total. The molecule has 8 heavy (non-hydrogen) atoms. The van der Waals surface area contributed by atoms with E-state index in [2.05, 4.69) is 31.8 Å². The van der Waals surface area contributed by atoms with Crippen LogP contribution in [0.25, 0.3) is 0 Å². The number of hydrogen-bond donors (Lipinski definition) is 0. The van der Waals surface area contributed by atoms with Crippen molar-refractivity contribution in [3.8, 4) is 0 Å². The van der Waals surface area contributed by atoms with Gasteiger partial charge in [-0.3, -0.25) is 0 Å². The molecular weight excluding hydrogens is 100 g/mol. The molecule has 0 rings (SSSR count). The van der Waals surface area contributed by atoms with Gasteiger partial charge in [0.25, 0.3) is 0 Å². The second-order valence-corrected chi connectivity index (χ2v) is 2.29. The molecule has 0 saturated carbocycles. The summed E-state index contributed by atoms with van der Waals surface area (Å²) < 4.78 is 2.11. The Labute approximate surface area is 52.0 Å². The predicted octanol–water partition coefficient (Wildman–Crippen LogP) is 1.52. The first-order chi connectivity index (χ1) is 3.77. The maximum Gasteiger partial charge on any atom is 0.139 e. The molecule has 0 spiro atoms. The number of unbranched alkanes of at least 4 members (excludes halogenated alkanes) is 2. The Kier molecular flexibility index (Phi) is 4.62. The third-order valence-electron chi connectivity index (χ3n) is 1.05. The largest absolute Gasteiger partial charge is 0.245 e. The van der Waals surface area contributed by atoms with Crippen LogP contribution < -0.4 is 0 Å². The van der Waals surface area contributed by atoms with Crippen LogP contribution in [0, 0.1) is 0 Å². The summed E-state index contributed by atoms with van der Waals surface area (Å²) in [7, 11) is 4.13. The molecule has 0 aromatic rings. The van der Waals surface area contributed by atoms with Gasteiger partial charge >= 0.3 is 0 Å². The van der Waals surface area contributed by atoms with Crippen molar-refractivity contribution in [1.82, 2.24) is 0 Å². The molecule has 0 atom stereocenters. The van der Waals surface area contributed by atoms with Crippen LogP contribution in [-0.2, 0) is 0 Å². The van der Waals surface area contributed by atoms with E-state index in [-0.39, 0.29) is 0 Å². The standard InChI is InChI=1S/C7H16N/c1-4-5-6-7-8(2)3/h7H,4-6H2,1-3H3/q+1/i1+1,8+1. The first-order valence-corrected chi connectivity index (χ1v) is 3.27. The molecule has 0 radical (unpaired) electrons. The SMILES string of the molecule is C[15N+](C)=CCCC[13CH3]. The molecule has 0 unspecified atom stereocenters. The zero-order chi connectivity index (χ0) is 6.41. The molecular formula is C7H16N+. The van der Waals surface area contributed by atoms with Gasteiger partial charge in [0, 0.05) is 6.42 Å². The first-order valence-electron chi connectivity index (χ1n) is 3.27. The second kappa shape index (κ2) is 4.82. The topological polar surface area (TPSA) is 3.01 Å². The number of rotatable bonds is 3. The highest BCUT2D eigenvalue weighted by atomic mass is 15.7. The molecule has 1 nitrogen and oxygen atoms in total. The van der Waals surface area contributed by atoms with E-state index in [0.717, 1.165) is 0 Å². The molecule has 0 saturated heterocycles. The van der Waals surface area contributed by atoms with E-state index in [0.29, 0.717) is 0 Å². The Morgan fingerprint density at radius 1 is 1.38 bits per heavy atom. The monoisotopic (exact) mass is 116 g/mol. The molecule has 1 heteroatoms. The highest BCUT2D eigenvalue weighted by molar-refractivity contribution is 5.50. The summed E-state index contributed by atoms with van der Waals surface area (Å²) in [6.07, 6.45) is 6.05. The van der Waals surface area contributed by atoms with Gasteiger partial charge in [-0.05, 0) is 6.42 Å². The fourth-order valence-electron chi connectivity index (χ4n) is 0.554. The van der Waals surface area contributed by atoms with Crippen LogP contribution in [0.1, 0.15) is 26.2 Å². The van der Waals surface area contributed by atoms with Gasteiger partial charge in [0.2, 0.25) is 0 Å². The van der Waals surface area contributed by atoms with Crippen LogP contribution >= 0.6 is 0 Å². The highest BCUT2D eigenvalue weighted by Crippen LogP contribution is 1.88. The van der Waals surface area contributed by atoms with Crippen molar-refractivity contribution >= 4 is 6.21 Å². The molecule has 0 aliphatic carbocycles. The van der Waals surface area contributed by atoms with Crippen LogP contribution in [0.15, 0.2) is 0 Å². The zero-order valence-electron chi connectivity index (χ0n) is 6.15. The zero-order valence-corrected chi connectivity index (χ0v) is 6.15. The Morgan fingerprint density at radius 2 is 2.00 bits per heavy atom. The summed E-state index contributed by atoms with van der Waals surface area (Å²) in [5.74, 6) is 0. The third-order valence-corrected chi connectivity index (χ3v) is 1.05. The molecule has 0 aliphatic rings. The molecule has 48 valence electrons. The maximum atomic E-state index is 2.21. The first kappa shape index (κ1) is 7.67. The fourth-order valence-corrected chi connectivity index (χ4v) is 0.554. The van der Waals surface area contributed by atoms with Crippen LogP contribution in [0.4, 0.5) is 0 Å². The molecule has 0 aliphatic heterocycles. The number of nitrogens with zero attached hydrogens (tertiary/aromatic N) is 1. The van der Waals surface area contributed by atoms with Gasteiger partial charge in [0.1, 0.15) is 20.3 Å². The van der Waals surface area contributed by atoms with E-state index < -0.39 is 0 Å². The van der Waals surface area contributed by atoms with Crippen molar-refractivity contribution in [2.45, 2.75) is 26.2 Å². The van der Waals surface area contributed by atoms with E-state index in [1.807, 2.05) is 0 Å². The van der Waals surface area contributed by atoms with Crippen LogP contribution in [0.2, 0.25) is 0 Å².